The number of piperazine rings is 1. The number of benzene rings is 1. The van der Waals surface area contributed by atoms with Crippen molar-refractivity contribution in [3.05, 3.63) is 64.1 Å². The Bertz CT molecular complexity index is 884. The summed E-state index contributed by atoms with van der Waals surface area (Å²) in [6.45, 7) is 6.45. The van der Waals surface area contributed by atoms with E-state index in [4.69, 9.17) is 0 Å². The maximum absolute atomic E-state index is 12.9. The van der Waals surface area contributed by atoms with Crippen molar-refractivity contribution in [2.24, 2.45) is 0 Å². The number of amides is 1. The number of hydrogen-bond acceptors (Lipinski definition) is 4. The number of halogens is 1. The molecule has 1 aromatic carbocycles. The highest BCUT2D eigenvalue weighted by molar-refractivity contribution is 5.96. The minimum atomic E-state index is -0.0113. The first-order valence-electron chi connectivity index (χ1n) is 9.63. The molecule has 1 amide bonds. The van der Waals surface area contributed by atoms with Gasteiger partial charge in [-0.2, -0.15) is 0 Å². The fourth-order valence-electron chi connectivity index (χ4n) is 3.99. The maximum Gasteiger partial charge on any atom is 0.251 e. The minimum Gasteiger partial charge on any atom is -0.312 e. The molecule has 1 atom stereocenters. The second-order valence-electron chi connectivity index (χ2n) is 7.52. The van der Waals surface area contributed by atoms with E-state index in [0.29, 0.717) is 25.7 Å². The summed E-state index contributed by atoms with van der Waals surface area (Å²) in [5.41, 5.74) is 2.93. The van der Waals surface area contributed by atoms with Gasteiger partial charge in [-0.05, 0) is 24.5 Å². The predicted octanol–water partition coefficient (Wildman–Crippen LogP) is 1.50. The smallest absolute Gasteiger partial charge is 0.251 e. The third-order valence-corrected chi connectivity index (χ3v) is 5.39. The average molecular weight is 403 g/mol. The summed E-state index contributed by atoms with van der Waals surface area (Å²) >= 11 is 0. The third-order valence-electron chi connectivity index (χ3n) is 5.39. The van der Waals surface area contributed by atoms with Gasteiger partial charge in [0, 0.05) is 44.5 Å². The van der Waals surface area contributed by atoms with Crippen LogP contribution in [0, 0.1) is 0 Å². The van der Waals surface area contributed by atoms with E-state index in [-0.39, 0.29) is 23.9 Å². The summed E-state index contributed by atoms with van der Waals surface area (Å²) in [6, 6.07) is 12.0. The van der Waals surface area contributed by atoms with E-state index >= 15 is 0 Å². The first-order chi connectivity index (χ1) is 13.1. The van der Waals surface area contributed by atoms with E-state index < -0.39 is 0 Å². The Balaban J connectivity index is 0.00000225. The zero-order valence-corrected chi connectivity index (χ0v) is 17.0. The van der Waals surface area contributed by atoms with Crippen LogP contribution in [0.1, 0.15) is 18.1 Å². The topological polar surface area (TPSA) is 57.6 Å². The van der Waals surface area contributed by atoms with Gasteiger partial charge < -0.3 is 14.8 Å². The second-order valence-corrected chi connectivity index (χ2v) is 7.52. The lowest BCUT2D eigenvalue weighted by atomic mass is 10.2. The third kappa shape index (κ3) is 4.46. The van der Waals surface area contributed by atoms with Gasteiger partial charge in [-0.1, -0.05) is 30.3 Å². The molecule has 1 saturated heterocycles. The molecule has 1 unspecified atom stereocenters. The molecule has 3 heterocycles. The van der Waals surface area contributed by atoms with Crippen LogP contribution in [-0.2, 0) is 17.8 Å². The zero-order chi connectivity index (χ0) is 18.8. The number of anilines is 1. The van der Waals surface area contributed by atoms with Crippen molar-refractivity contribution in [1.82, 2.24) is 14.8 Å². The Morgan fingerprint density at radius 1 is 1.21 bits per heavy atom. The van der Waals surface area contributed by atoms with Gasteiger partial charge in [0.05, 0.1) is 18.8 Å². The van der Waals surface area contributed by atoms with Crippen molar-refractivity contribution in [3.63, 3.8) is 0 Å². The molecular weight excluding hydrogens is 376 g/mol. The quantitative estimate of drug-likeness (QED) is 0.842. The van der Waals surface area contributed by atoms with Gasteiger partial charge in [0.25, 0.3) is 5.56 Å². The molecule has 1 aromatic heterocycles. The Labute approximate surface area is 171 Å². The molecule has 0 saturated carbocycles. The monoisotopic (exact) mass is 402 g/mol. The van der Waals surface area contributed by atoms with Gasteiger partial charge in [-0.15, -0.1) is 12.4 Å². The first-order valence-corrected chi connectivity index (χ1v) is 9.63. The molecule has 150 valence electrons. The van der Waals surface area contributed by atoms with Crippen LogP contribution < -0.4 is 15.8 Å². The number of carbonyl (C=O) groups is 1. The summed E-state index contributed by atoms with van der Waals surface area (Å²) in [5, 5.41) is 3.40. The van der Waals surface area contributed by atoms with Crippen LogP contribution >= 0.6 is 12.4 Å². The fraction of sp³-hybridized carbons (Fsp3) is 0.429. The van der Waals surface area contributed by atoms with Crippen LogP contribution in [0.15, 0.2) is 47.4 Å². The SMILES string of the molecule is CC1CN(CC(=O)N2CCc3cc(=O)n(Cc4ccccc4)cc32)CCN1.Cl. The van der Waals surface area contributed by atoms with Crippen molar-refractivity contribution >= 4 is 24.0 Å². The molecule has 28 heavy (non-hydrogen) atoms. The van der Waals surface area contributed by atoms with Crippen molar-refractivity contribution in [2.45, 2.75) is 25.9 Å². The summed E-state index contributed by atoms with van der Waals surface area (Å²) < 4.78 is 1.70. The number of carbonyl (C=O) groups excluding carboxylic acids is 1. The van der Waals surface area contributed by atoms with E-state index in [1.807, 2.05) is 41.4 Å². The van der Waals surface area contributed by atoms with Gasteiger partial charge in [0.2, 0.25) is 5.91 Å². The number of nitrogens with zero attached hydrogens (tertiary/aromatic N) is 3. The second kappa shape index (κ2) is 8.90. The molecule has 0 bridgehead atoms. The molecule has 2 aliphatic heterocycles. The van der Waals surface area contributed by atoms with Gasteiger partial charge in [0.15, 0.2) is 0 Å². The lowest BCUT2D eigenvalue weighted by Gasteiger charge is -2.32. The van der Waals surface area contributed by atoms with E-state index in [1.165, 1.54) is 0 Å². The Hall–Kier alpha value is -2.15. The van der Waals surface area contributed by atoms with Crippen molar-refractivity contribution in [2.75, 3.05) is 37.6 Å². The molecule has 2 aliphatic rings. The lowest BCUT2D eigenvalue weighted by molar-refractivity contribution is -0.119. The van der Waals surface area contributed by atoms with Crippen LogP contribution in [0.4, 0.5) is 5.69 Å². The number of rotatable bonds is 4. The highest BCUT2D eigenvalue weighted by Gasteiger charge is 2.28. The Morgan fingerprint density at radius 2 is 2.00 bits per heavy atom. The molecule has 1 fully saturated rings. The number of aromatic nitrogens is 1. The van der Waals surface area contributed by atoms with Crippen LogP contribution in [0.3, 0.4) is 0 Å². The van der Waals surface area contributed by atoms with Crippen molar-refractivity contribution < 1.29 is 4.79 Å². The molecule has 0 radical (unpaired) electrons. The minimum absolute atomic E-state index is 0. The van der Waals surface area contributed by atoms with E-state index in [2.05, 4.69) is 17.1 Å². The number of fused-ring (bicyclic) bond motifs is 1. The lowest BCUT2D eigenvalue weighted by Crippen LogP contribution is -2.52. The van der Waals surface area contributed by atoms with Gasteiger partial charge >= 0.3 is 0 Å². The van der Waals surface area contributed by atoms with Crippen LogP contribution in [0.5, 0.6) is 0 Å². The molecule has 1 N–H and O–H groups in total. The van der Waals surface area contributed by atoms with Crippen molar-refractivity contribution in [3.8, 4) is 0 Å². The summed E-state index contributed by atoms with van der Waals surface area (Å²) in [4.78, 5) is 29.4. The normalized spacial score (nSPS) is 19.2. The highest BCUT2D eigenvalue weighted by Crippen LogP contribution is 2.26. The zero-order valence-electron chi connectivity index (χ0n) is 16.1. The van der Waals surface area contributed by atoms with E-state index in [1.54, 1.807) is 10.6 Å². The van der Waals surface area contributed by atoms with Gasteiger partial charge in [0.1, 0.15) is 0 Å². The number of pyridine rings is 1. The van der Waals surface area contributed by atoms with Gasteiger partial charge in [-0.3, -0.25) is 14.5 Å². The summed E-state index contributed by atoms with van der Waals surface area (Å²) in [6.07, 6.45) is 2.61. The van der Waals surface area contributed by atoms with Gasteiger partial charge in [-0.25, -0.2) is 0 Å². The maximum atomic E-state index is 12.9. The summed E-state index contributed by atoms with van der Waals surface area (Å²) in [7, 11) is 0. The fourth-order valence-corrected chi connectivity index (χ4v) is 3.99. The molecular formula is C21H27ClN4O2. The van der Waals surface area contributed by atoms with Crippen LogP contribution in [-0.4, -0.2) is 54.1 Å². The predicted molar refractivity (Wildman–Crippen MR) is 113 cm³/mol. The molecule has 7 heteroatoms. The van der Waals surface area contributed by atoms with Crippen molar-refractivity contribution in [1.29, 1.82) is 0 Å². The Morgan fingerprint density at radius 3 is 2.75 bits per heavy atom. The van der Waals surface area contributed by atoms with E-state index in [0.717, 1.165) is 42.9 Å². The number of hydrogen-bond donors (Lipinski definition) is 1. The molecule has 2 aromatic rings. The molecule has 6 nitrogen and oxygen atoms in total. The standard InChI is InChI=1S/C21H26N4O2.ClH/c1-16-12-23(10-8-22-16)15-21(27)25-9-7-18-11-20(26)24(14-19(18)25)13-17-5-3-2-4-6-17;/h2-6,11,14,16,22H,7-10,12-13,15H2,1H3;1H. The molecule has 0 spiro atoms. The number of nitrogens with one attached hydrogen (secondary N) is 1. The van der Waals surface area contributed by atoms with E-state index in [9.17, 15) is 9.59 Å². The average Bonchev–Trinajstić information content (AvgIpc) is 3.05. The Kier molecular flexibility index (Phi) is 6.54. The summed E-state index contributed by atoms with van der Waals surface area (Å²) in [5.74, 6) is 0.118. The molecule has 4 rings (SSSR count). The first kappa shape index (κ1) is 20.6. The largest absolute Gasteiger partial charge is 0.312 e. The van der Waals surface area contributed by atoms with Crippen LogP contribution in [0.25, 0.3) is 0 Å². The van der Waals surface area contributed by atoms with Crippen LogP contribution in [0.2, 0.25) is 0 Å². The molecule has 0 aliphatic carbocycles. The highest BCUT2D eigenvalue weighted by atomic mass is 35.5.